The first-order valence-electron chi connectivity index (χ1n) is 9.05. The molecule has 1 N–H and O–H groups in total. The second-order valence-electron chi connectivity index (χ2n) is 6.60. The van der Waals surface area contributed by atoms with Crippen LogP contribution in [0.3, 0.4) is 0 Å². The Bertz CT molecular complexity index is 911. The second-order valence-corrected chi connectivity index (χ2v) is 7.45. The van der Waals surface area contributed by atoms with Gasteiger partial charge in [0, 0.05) is 17.6 Å². The van der Waals surface area contributed by atoms with Crippen molar-refractivity contribution in [3.8, 4) is 11.5 Å². The number of ether oxygens (including phenoxy) is 2. The Balaban J connectivity index is 1.63. The number of rotatable bonds is 8. The highest BCUT2D eigenvalue weighted by atomic mass is 79.9. The van der Waals surface area contributed by atoms with E-state index >= 15 is 0 Å². The van der Waals surface area contributed by atoms with Gasteiger partial charge in [0.05, 0.1) is 7.11 Å². The van der Waals surface area contributed by atoms with Gasteiger partial charge >= 0.3 is 0 Å². The minimum atomic E-state index is -0.225. The number of methoxy groups -OCH3 is 1. The maximum absolute atomic E-state index is 13.0. The number of halogens is 2. The van der Waals surface area contributed by atoms with Crippen molar-refractivity contribution in [2.75, 3.05) is 7.11 Å². The molecule has 0 unspecified atom stereocenters. The lowest BCUT2D eigenvalue weighted by molar-refractivity contribution is 0.284. The molecule has 0 fully saturated rings. The van der Waals surface area contributed by atoms with Gasteiger partial charge in [0.15, 0.2) is 11.5 Å². The van der Waals surface area contributed by atoms with Crippen LogP contribution in [0, 0.1) is 12.7 Å². The van der Waals surface area contributed by atoms with Gasteiger partial charge in [0.2, 0.25) is 0 Å². The van der Waals surface area contributed by atoms with E-state index in [1.54, 1.807) is 19.2 Å². The largest absolute Gasteiger partial charge is 0.493 e. The molecule has 0 atom stereocenters. The first kappa shape index (κ1) is 20.4. The molecule has 0 aliphatic heterocycles. The molecule has 0 bridgehead atoms. The third-order valence-corrected chi connectivity index (χ3v) is 5.14. The van der Waals surface area contributed by atoms with Gasteiger partial charge in [-0.15, -0.1) is 0 Å². The first-order chi connectivity index (χ1) is 13.5. The summed E-state index contributed by atoms with van der Waals surface area (Å²) in [4.78, 5) is 0. The summed E-state index contributed by atoms with van der Waals surface area (Å²) in [6.07, 6.45) is 0. The molecule has 0 aliphatic rings. The van der Waals surface area contributed by atoms with Gasteiger partial charge in [0.1, 0.15) is 12.4 Å². The van der Waals surface area contributed by atoms with Gasteiger partial charge in [0.25, 0.3) is 0 Å². The average Bonchev–Trinajstić information content (AvgIpc) is 2.70. The quantitative estimate of drug-likeness (QED) is 0.478. The summed E-state index contributed by atoms with van der Waals surface area (Å²) in [6, 6.07) is 18.7. The fourth-order valence-electron chi connectivity index (χ4n) is 2.77. The molecule has 3 rings (SSSR count). The SMILES string of the molecule is COc1cc(CNCc2ccc(F)cc2)c(Br)cc1OCc1ccc(C)cc1. The van der Waals surface area contributed by atoms with Crippen molar-refractivity contribution in [3.63, 3.8) is 0 Å². The normalized spacial score (nSPS) is 10.7. The molecule has 28 heavy (non-hydrogen) atoms. The predicted octanol–water partition coefficient (Wildman–Crippen LogP) is 5.77. The minimum absolute atomic E-state index is 0.225. The fraction of sp³-hybridized carbons (Fsp3) is 0.217. The molecule has 3 aromatic carbocycles. The Labute approximate surface area is 173 Å². The second kappa shape index (κ2) is 9.71. The van der Waals surface area contributed by atoms with E-state index in [9.17, 15) is 4.39 Å². The number of benzene rings is 3. The van der Waals surface area contributed by atoms with Crippen molar-refractivity contribution in [1.82, 2.24) is 5.32 Å². The van der Waals surface area contributed by atoms with E-state index in [1.807, 2.05) is 12.1 Å². The zero-order valence-electron chi connectivity index (χ0n) is 16.0. The van der Waals surface area contributed by atoms with E-state index in [2.05, 4.69) is 52.4 Å². The van der Waals surface area contributed by atoms with E-state index < -0.39 is 0 Å². The number of hydrogen-bond acceptors (Lipinski definition) is 3. The molecule has 3 nitrogen and oxygen atoms in total. The first-order valence-corrected chi connectivity index (χ1v) is 9.84. The van der Waals surface area contributed by atoms with E-state index in [1.165, 1.54) is 17.7 Å². The summed E-state index contributed by atoms with van der Waals surface area (Å²) >= 11 is 3.62. The summed E-state index contributed by atoms with van der Waals surface area (Å²) in [6.45, 7) is 3.84. The molecule has 0 aromatic heterocycles. The Kier molecular flexibility index (Phi) is 7.06. The van der Waals surface area contributed by atoms with E-state index in [0.29, 0.717) is 31.2 Å². The van der Waals surface area contributed by atoms with Crippen molar-refractivity contribution in [2.45, 2.75) is 26.6 Å². The van der Waals surface area contributed by atoms with Crippen molar-refractivity contribution in [1.29, 1.82) is 0 Å². The Morgan fingerprint density at radius 3 is 2.25 bits per heavy atom. The smallest absolute Gasteiger partial charge is 0.162 e. The van der Waals surface area contributed by atoms with Crippen LogP contribution in [0.25, 0.3) is 0 Å². The molecule has 0 amide bonds. The van der Waals surface area contributed by atoms with Gasteiger partial charge in [-0.1, -0.05) is 57.9 Å². The summed E-state index contributed by atoms with van der Waals surface area (Å²) in [5.74, 6) is 1.16. The van der Waals surface area contributed by atoms with Gasteiger partial charge in [-0.05, 0) is 47.9 Å². The molecule has 0 radical (unpaired) electrons. The van der Waals surface area contributed by atoms with Crippen molar-refractivity contribution in [2.24, 2.45) is 0 Å². The van der Waals surface area contributed by atoms with E-state index in [-0.39, 0.29) is 5.82 Å². The molecular weight excluding hydrogens is 421 g/mol. The molecule has 3 aromatic rings. The van der Waals surface area contributed by atoms with Crippen LogP contribution in [0.1, 0.15) is 22.3 Å². The third kappa shape index (κ3) is 5.57. The topological polar surface area (TPSA) is 30.5 Å². The average molecular weight is 444 g/mol. The van der Waals surface area contributed by atoms with Gasteiger partial charge < -0.3 is 14.8 Å². The molecule has 0 spiro atoms. The Morgan fingerprint density at radius 2 is 1.57 bits per heavy atom. The fourth-order valence-corrected chi connectivity index (χ4v) is 3.24. The van der Waals surface area contributed by atoms with Crippen molar-refractivity contribution < 1.29 is 13.9 Å². The van der Waals surface area contributed by atoms with Gasteiger partial charge in [-0.25, -0.2) is 4.39 Å². The highest BCUT2D eigenvalue weighted by molar-refractivity contribution is 9.10. The van der Waals surface area contributed by atoms with Crippen LogP contribution in [0.2, 0.25) is 0 Å². The lowest BCUT2D eigenvalue weighted by Gasteiger charge is -2.15. The maximum atomic E-state index is 13.0. The zero-order valence-corrected chi connectivity index (χ0v) is 17.6. The lowest BCUT2D eigenvalue weighted by atomic mass is 10.1. The van der Waals surface area contributed by atoms with Crippen LogP contribution in [0.5, 0.6) is 11.5 Å². The third-order valence-electron chi connectivity index (χ3n) is 4.41. The summed E-state index contributed by atoms with van der Waals surface area (Å²) in [5.41, 5.74) is 4.42. The number of aryl methyl sites for hydroxylation is 1. The zero-order chi connectivity index (χ0) is 19.9. The molecule has 0 heterocycles. The summed E-state index contributed by atoms with van der Waals surface area (Å²) < 4.78 is 25.4. The monoisotopic (exact) mass is 443 g/mol. The Morgan fingerprint density at radius 1 is 0.893 bits per heavy atom. The van der Waals surface area contributed by atoms with Crippen LogP contribution in [-0.2, 0) is 19.7 Å². The van der Waals surface area contributed by atoms with Crippen LogP contribution < -0.4 is 14.8 Å². The van der Waals surface area contributed by atoms with Crippen LogP contribution >= 0.6 is 15.9 Å². The van der Waals surface area contributed by atoms with Crippen LogP contribution in [0.15, 0.2) is 65.1 Å². The number of hydrogen-bond donors (Lipinski definition) is 1. The molecular formula is C23H23BrFNO2. The molecule has 5 heteroatoms. The summed E-state index contributed by atoms with van der Waals surface area (Å²) in [7, 11) is 1.64. The molecule has 146 valence electrons. The van der Waals surface area contributed by atoms with Crippen LogP contribution in [0.4, 0.5) is 4.39 Å². The lowest BCUT2D eigenvalue weighted by Crippen LogP contribution is -2.13. The maximum Gasteiger partial charge on any atom is 0.162 e. The predicted molar refractivity (Wildman–Crippen MR) is 113 cm³/mol. The Hall–Kier alpha value is -2.37. The van der Waals surface area contributed by atoms with E-state index in [0.717, 1.165) is 21.2 Å². The van der Waals surface area contributed by atoms with Crippen molar-refractivity contribution in [3.05, 3.63) is 93.2 Å². The van der Waals surface area contributed by atoms with Crippen molar-refractivity contribution >= 4 is 15.9 Å². The van der Waals surface area contributed by atoms with Gasteiger partial charge in [-0.2, -0.15) is 0 Å². The highest BCUT2D eigenvalue weighted by Crippen LogP contribution is 2.34. The molecule has 0 aliphatic carbocycles. The minimum Gasteiger partial charge on any atom is -0.493 e. The van der Waals surface area contributed by atoms with E-state index in [4.69, 9.17) is 9.47 Å². The molecule has 0 saturated heterocycles. The number of nitrogens with one attached hydrogen (secondary N) is 1. The highest BCUT2D eigenvalue weighted by Gasteiger charge is 2.11. The molecule has 0 saturated carbocycles. The standard InChI is InChI=1S/C23H23BrFNO2/c1-16-3-5-18(6-4-16)15-28-23-12-21(24)19(11-22(23)27-2)14-26-13-17-7-9-20(25)10-8-17/h3-12,26H,13-15H2,1-2H3. The van der Waals surface area contributed by atoms with Gasteiger partial charge in [-0.3, -0.25) is 0 Å². The summed E-state index contributed by atoms with van der Waals surface area (Å²) in [5, 5.41) is 3.36. The van der Waals surface area contributed by atoms with Crippen LogP contribution in [-0.4, -0.2) is 7.11 Å².